The maximum Gasteiger partial charge on any atom is 0.244 e. The molecular formula is C15H21N3O2S. The van der Waals surface area contributed by atoms with Crippen molar-refractivity contribution >= 4 is 10.0 Å². The number of nitrogens with zero attached hydrogens (tertiary/aromatic N) is 2. The first-order valence-electron chi connectivity index (χ1n) is 7.05. The Labute approximate surface area is 126 Å². The van der Waals surface area contributed by atoms with E-state index in [4.69, 9.17) is 0 Å². The molecule has 0 aliphatic rings. The molecule has 1 heterocycles. The summed E-state index contributed by atoms with van der Waals surface area (Å²) in [5.74, 6) is 0. The summed E-state index contributed by atoms with van der Waals surface area (Å²) in [5.41, 5.74) is 0.958. The van der Waals surface area contributed by atoms with E-state index >= 15 is 0 Å². The topological polar surface area (TPSA) is 64.0 Å². The fourth-order valence-electron chi connectivity index (χ4n) is 2.07. The third-order valence-electron chi connectivity index (χ3n) is 3.32. The van der Waals surface area contributed by atoms with Gasteiger partial charge in [-0.1, -0.05) is 37.3 Å². The van der Waals surface area contributed by atoms with Gasteiger partial charge in [-0.15, -0.1) is 0 Å². The van der Waals surface area contributed by atoms with E-state index in [-0.39, 0.29) is 17.0 Å². The quantitative estimate of drug-likeness (QED) is 0.892. The summed E-state index contributed by atoms with van der Waals surface area (Å²) in [4.78, 5) is 0.200. The lowest BCUT2D eigenvalue weighted by Crippen LogP contribution is -2.28. The van der Waals surface area contributed by atoms with E-state index in [9.17, 15) is 8.42 Å². The van der Waals surface area contributed by atoms with Crippen LogP contribution in [-0.4, -0.2) is 18.2 Å². The molecule has 21 heavy (non-hydrogen) atoms. The zero-order chi connectivity index (χ0) is 15.5. The third-order valence-corrected chi connectivity index (χ3v) is 4.75. The summed E-state index contributed by atoms with van der Waals surface area (Å²) < 4.78 is 29.3. The highest BCUT2D eigenvalue weighted by Gasteiger charge is 2.22. The molecule has 0 amide bonds. The molecule has 0 saturated carbocycles. The van der Waals surface area contributed by atoms with Crippen LogP contribution in [0.1, 0.15) is 44.8 Å². The average molecular weight is 307 g/mol. The van der Waals surface area contributed by atoms with E-state index in [2.05, 4.69) is 9.82 Å². The smallest absolute Gasteiger partial charge is 0.244 e. The number of aromatic nitrogens is 2. The van der Waals surface area contributed by atoms with Crippen LogP contribution in [0.2, 0.25) is 0 Å². The van der Waals surface area contributed by atoms with Gasteiger partial charge in [0.05, 0.1) is 6.20 Å². The highest BCUT2D eigenvalue weighted by Crippen LogP contribution is 2.20. The van der Waals surface area contributed by atoms with Gasteiger partial charge in [-0.25, -0.2) is 13.1 Å². The van der Waals surface area contributed by atoms with Crippen LogP contribution in [0, 0.1) is 0 Å². The van der Waals surface area contributed by atoms with Gasteiger partial charge in [-0.3, -0.25) is 4.68 Å². The maximum absolute atomic E-state index is 12.4. The van der Waals surface area contributed by atoms with Gasteiger partial charge in [0.25, 0.3) is 0 Å². The van der Waals surface area contributed by atoms with Crippen LogP contribution in [0.15, 0.2) is 47.6 Å². The zero-order valence-electron chi connectivity index (χ0n) is 12.5. The molecule has 0 unspecified atom stereocenters. The summed E-state index contributed by atoms with van der Waals surface area (Å²) >= 11 is 0. The van der Waals surface area contributed by atoms with E-state index in [1.54, 1.807) is 10.9 Å². The minimum absolute atomic E-state index is 0.130. The number of hydrogen-bond acceptors (Lipinski definition) is 3. The molecule has 0 saturated heterocycles. The van der Waals surface area contributed by atoms with Crippen molar-refractivity contribution in [3.8, 4) is 0 Å². The summed E-state index contributed by atoms with van der Waals surface area (Å²) in [5, 5.41) is 4.09. The van der Waals surface area contributed by atoms with Crippen LogP contribution in [0.5, 0.6) is 0 Å². The molecule has 0 aliphatic heterocycles. The second kappa shape index (κ2) is 6.41. The first kappa shape index (κ1) is 15.7. The van der Waals surface area contributed by atoms with Crippen LogP contribution in [-0.2, 0) is 10.0 Å². The predicted molar refractivity (Wildman–Crippen MR) is 82.4 cm³/mol. The Morgan fingerprint density at radius 1 is 1.24 bits per heavy atom. The highest BCUT2D eigenvalue weighted by atomic mass is 32.2. The van der Waals surface area contributed by atoms with Gasteiger partial charge in [0.1, 0.15) is 4.90 Å². The van der Waals surface area contributed by atoms with Crippen molar-refractivity contribution in [2.75, 3.05) is 0 Å². The van der Waals surface area contributed by atoms with Gasteiger partial charge in [0, 0.05) is 18.3 Å². The van der Waals surface area contributed by atoms with Gasteiger partial charge in [0.15, 0.2) is 0 Å². The third kappa shape index (κ3) is 3.71. The summed E-state index contributed by atoms with van der Waals surface area (Å²) in [6.45, 7) is 5.86. The Bertz CT molecular complexity index is 678. The minimum Gasteiger partial charge on any atom is -0.269 e. The molecule has 5 nitrogen and oxygen atoms in total. The molecule has 0 aliphatic carbocycles. The average Bonchev–Trinajstić information content (AvgIpc) is 2.96. The van der Waals surface area contributed by atoms with Crippen molar-refractivity contribution in [2.24, 2.45) is 0 Å². The van der Waals surface area contributed by atoms with Crippen LogP contribution in [0.4, 0.5) is 0 Å². The van der Waals surface area contributed by atoms with Gasteiger partial charge >= 0.3 is 0 Å². The molecule has 2 aromatic rings. The van der Waals surface area contributed by atoms with E-state index in [1.807, 2.05) is 51.1 Å². The summed E-state index contributed by atoms with van der Waals surface area (Å²) in [6, 6.07) is 9.47. The van der Waals surface area contributed by atoms with Gasteiger partial charge in [-0.2, -0.15) is 5.10 Å². The zero-order valence-corrected chi connectivity index (χ0v) is 13.3. The number of benzene rings is 1. The Balaban J connectivity index is 2.23. The molecule has 1 atom stereocenters. The Hall–Kier alpha value is -1.66. The first-order chi connectivity index (χ1) is 9.94. The Kier molecular flexibility index (Phi) is 4.80. The molecule has 0 bridgehead atoms. The maximum atomic E-state index is 12.4. The molecular weight excluding hydrogens is 286 g/mol. The van der Waals surface area contributed by atoms with Crippen molar-refractivity contribution in [3.05, 3.63) is 48.3 Å². The van der Waals surface area contributed by atoms with Gasteiger partial charge in [-0.05, 0) is 25.8 Å². The first-order valence-corrected chi connectivity index (χ1v) is 8.53. The lowest BCUT2D eigenvalue weighted by Gasteiger charge is -2.16. The SMILES string of the molecule is CC[C@@H](NS(=O)(=O)c1cnn(C(C)C)c1)c1ccccc1. The van der Waals surface area contributed by atoms with Crippen molar-refractivity contribution in [1.82, 2.24) is 14.5 Å². The molecule has 0 radical (unpaired) electrons. The lowest BCUT2D eigenvalue weighted by atomic mass is 10.1. The van der Waals surface area contributed by atoms with E-state index in [1.165, 1.54) is 6.20 Å². The van der Waals surface area contributed by atoms with Crippen LogP contribution >= 0.6 is 0 Å². The normalized spacial score (nSPS) is 13.5. The molecule has 6 heteroatoms. The number of sulfonamides is 1. The molecule has 114 valence electrons. The fourth-order valence-corrected chi connectivity index (χ4v) is 3.32. The predicted octanol–water partition coefficient (Wildman–Crippen LogP) is 2.89. The second-order valence-electron chi connectivity index (χ2n) is 5.24. The number of nitrogens with one attached hydrogen (secondary N) is 1. The lowest BCUT2D eigenvalue weighted by molar-refractivity contribution is 0.529. The van der Waals surface area contributed by atoms with Crippen molar-refractivity contribution in [2.45, 2.75) is 44.2 Å². The number of rotatable bonds is 6. The monoisotopic (exact) mass is 307 g/mol. The van der Waals surface area contributed by atoms with Crippen LogP contribution in [0.25, 0.3) is 0 Å². The molecule has 0 spiro atoms. The summed E-state index contributed by atoms with van der Waals surface area (Å²) in [6.07, 6.45) is 3.63. The molecule has 1 aromatic heterocycles. The van der Waals surface area contributed by atoms with E-state index in [0.717, 1.165) is 5.56 Å². The van der Waals surface area contributed by atoms with Crippen LogP contribution < -0.4 is 4.72 Å². The second-order valence-corrected chi connectivity index (χ2v) is 6.96. The molecule has 1 N–H and O–H groups in total. The Morgan fingerprint density at radius 2 is 1.90 bits per heavy atom. The van der Waals surface area contributed by atoms with Crippen molar-refractivity contribution in [1.29, 1.82) is 0 Å². The highest BCUT2D eigenvalue weighted by molar-refractivity contribution is 7.89. The van der Waals surface area contributed by atoms with E-state index < -0.39 is 10.0 Å². The van der Waals surface area contributed by atoms with Gasteiger partial charge in [0.2, 0.25) is 10.0 Å². The Morgan fingerprint density at radius 3 is 2.43 bits per heavy atom. The standard InChI is InChI=1S/C15H21N3O2S/c1-4-15(13-8-6-5-7-9-13)17-21(19,20)14-10-16-18(11-14)12(2)3/h5-12,15,17H,4H2,1-3H3/t15-/m1/s1. The molecule has 1 aromatic carbocycles. The molecule has 0 fully saturated rings. The minimum atomic E-state index is -3.57. The van der Waals surface area contributed by atoms with Crippen molar-refractivity contribution < 1.29 is 8.42 Å². The van der Waals surface area contributed by atoms with Crippen molar-refractivity contribution in [3.63, 3.8) is 0 Å². The number of hydrogen-bond donors (Lipinski definition) is 1. The molecule has 2 rings (SSSR count). The van der Waals surface area contributed by atoms with Gasteiger partial charge < -0.3 is 0 Å². The fraction of sp³-hybridized carbons (Fsp3) is 0.400. The van der Waals surface area contributed by atoms with Crippen LogP contribution in [0.3, 0.4) is 0 Å². The largest absolute Gasteiger partial charge is 0.269 e. The summed E-state index contributed by atoms with van der Waals surface area (Å²) in [7, 11) is -3.57. The van der Waals surface area contributed by atoms with E-state index in [0.29, 0.717) is 6.42 Å².